The van der Waals surface area contributed by atoms with Crippen molar-refractivity contribution in [2.75, 3.05) is 19.6 Å². The number of hydrogen-bond donors (Lipinski definition) is 1. The highest BCUT2D eigenvalue weighted by Gasteiger charge is 2.37. The summed E-state index contributed by atoms with van der Waals surface area (Å²) in [6, 6.07) is 9.11. The average molecular weight is 446 g/mol. The summed E-state index contributed by atoms with van der Waals surface area (Å²) in [5, 5.41) is 0.179. The number of benzene rings is 2. The molecule has 0 unspecified atom stereocenters. The molecule has 0 aliphatic carbocycles. The molecule has 6 nitrogen and oxygen atoms in total. The van der Waals surface area contributed by atoms with E-state index in [0.717, 1.165) is 29.4 Å². The molecule has 0 radical (unpaired) electrons. The number of amides is 1. The van der Waals surface area contributed by atoms with Gasteiger partial charge in [-0.25, -0.2) is 9.18 Å². The summed E-state index contributed by atoms with van der Waals surface area (Å²) in [6.45, 7) is -0.638. The molecule has 0 spiro atoms. The summed E-state index contributed by atoms with van der Waals surface area (Å²) in [6.07, 6.45) is 2.17. The number of carbonyl (C=O) groups excluding carboxylic acids is 1. The normalized spacial score (nSPS) is 22.2. The number of piperidine rings is 1. The van der Waals surface area contributed by atoms with Crippen LogP contribution in [0.15, 0.2) is 45.6 Å². The summed E-state index contributed by atoms with van der Waals surface area (Å²) >= 11 is 5.80. The number of likely N-dealkylation sites (tertiary alicyclic amines) is 2. The predicted molar refractivity (Wildman–Crippen MR) is 116 cm³/mol. The van der Waals surface area contributed by atoms with Gasteiger partial charge in [0.15, 0.2) is 5.58 Å². The van der Waals surface area contributed by atoms with Crippen molar-refractivity contribution < 1.29 is 16.3 Å². The van der Waals surface area contributed by atoms with Gasteiger partial charge >= 0.3 is 5.76 Å². The van der Waals surface area contributed by atoms with E-state index in [4.69, 9.17) is 18.8 Å². The van der Waals surface area contributed by atoms with E-state index in [9.17, 15) is 14.0 Å². The van der Waals surface area contributed by atoms with Crippen LogP contribution in [0.5, 0.6) is 0 Å². The maximum absolute atomic E-state index is 14.4. The number of H-pyrrole nitrogens is 1. The van der Waals surface area contributed by atoms with Crippen molar-refractivity contribution in [3.63, 3.8) is 0 Å². The summed E-state index contributed by atoms with van der Waals surface area (Å²) < 4.78 is 36.5. The maximum Gasteiger partial charge on any atom is 0.417 e. The Morgan fingerprint density at radius 3 is 2.71 bits per heavy atom. The Bertz CT molecular complexity index is 1270. The van der Waals surface area contributed by atoms with Crippen LogP contribution in [0.3, 0.4) is 0 Å². The number of carbonyl (C=O) groups is 1. The molecule has 162 valence electrons. The van der Waals surface area contributed by atoms with Crippen molar-refractivity contribution in [2.45, 2.75) is 37.7 Å². The van der Waals surface area contributed by atoms with Crippen molar-refractivity contribution in [1.29, 1.82) is 0 Å². The summed E-state index contributed by atoms with van der Waals surface area (Å²) in [7, 11) is 0. The van der Waals surface area contributed by atoms with Gasteiger partial charge in [-0.3, -0.25) is 14.7 Å². The monoisotopic (exact) mass is 445 g/mol. The molecule has 2 fully saturated rings. The molecule has 2 aromatic carbocycles. The van der Waals surface area contributed by atoms with Gasteiger partial charge in [-0.2, -0.15) is 0 Å². The fraction of sp³-hybridized carbons (Fsp3) is 0.391. The van der Waals surface area contributed by atoms with Crippen LogP contribution in [0.1, 0.15) is 39.0 Å². The van der Waals surface area contributed by atoms with Gasteiger partial charge in [0.05, 0.1) is 14.3 Å². The van der Waals surface area contributed by atoms with Crippen LogP contribution >= 0.6 is 11.6 Å². The van der Waals surface area contributed by atoms with E-state index in [0.29, 0.717) is 30.6 Å². The topological polar surface area (TPSA) is 69.6 Å². The second-order valence-corrected chi connectivity index (χ2v) is 8.55. The molecule has 5 rings (SSSR count). The third-order valence-electron chi connectivity index (χ3n) is 6.25. The lowest BCUT2D eigenvalue weighted by molar-refractivity contribution is -0.133. The number of oxazole rings is 1. The summed E-state index contributed by atoms with van der Waals surface area (Å²) in [5.74, 6) is -1.27. The first-order valence-electron chi connectivity index (χ1n) is 11.4. The zero-order valence-electron chi connectivity index (χ0n) is 18.7. The summed E-state index contributed by atoms with van der Waals surface area (Å²) in [4.78, 5) is 30.4. The lowest BCUT2D eigenvalue weighted by Crippen LogP contribution is -2.45. The van der Waals surface area contributed by atoms with Crippen molar-refractivity contribution in [1.82, 2.24) is 14.8 Å². The highest BCUT2D eigenvalue weighted by Crippen LogP contribution is 2.32. The molecule has 1 amide bonds. The van der Waals surface area contributed by atoms with Crippen LogP contribution in [0.2, 0.25) is 5.02 Å². The second-order valence-electron chi connectivity index (χ2n) is 8.11. The molecule has 2 aliphatic rings. The van der Waals surface area contributed by atoms with Gasteiger partial charge in [0.25, 0.3) is 0 Å². The first-order valence-corrected chi connectivity index (χ1v) is 10.8. The first-order chi connectivity index (χ1) is 15.7. The molecule has 31 heavy (non-hydrogen) atoms. The number of aromatic nitrogens is 1. The minimum atomic E-state index is -2.26. The fourth-order valence-electron chi connectivity index (χ4n) is 4.60. The minimum absolute atomic E-state index is 0.179. The number of hydrogen-bond acceptors (Lipinski definition) is 4. The number of rotatable bonds is 4. The van der Waals surface area contributed by atoms with Gasteiger partial charge in [0.2, 0.25) is 5.91 Å². The Labute approximate surface area is 186 Å². The molecule has 3 heterocycles. The zero-order chi connectivity index (χ0) is 23.3. The molecule has 0 bridgehead atoms. The van der Waals surface area contributed by atoms with E-state index in [-0.39, 0.29) is 29.0 Å². The van der Waals surface area contributed by atoms with Gasteiger partial charge in [0, 0.05) is 23.6 Å². The average Bonchev–Trinajstić information content (AvgIpc) is 3.35. The lowest BCUT2D eigenvalue weighted by Gasteiger charge is -2.35. The zero-order valence-corrected chi connectivity index (χ0v) is 17.5. The van der Waals surface area contributed by atoms with Crippen LogP contribution < -0.4 is 5.76 Å². The Morgan fingerprint density at radius 2 is 1.94 bits per heavy atom. The molecule has 0 saturated carbocycles. The largest absolute Gasteiger partial charge is 0.417 e. The van der Waals surface area contributed by atoms with Crippen LogP contribution in [0, 0.1) is 5.82 Å². The van der Waals surface area contributed by atoms with Gasteiger partial charge in [0.1, 0.15) is 5.82 Å². The molecular weight excluding hydrogens is 421 g/mol. The summed E-state index contributed by atoms with van der Waals surface area (Å²) in [5.41, 5.74) is 2.12. The Kier molecular flexibility index (Phi) is 4.72. The molecular formula is C23H23ClFN3O3. The molecule has 2 aliphatic heterocycles. The predicted octanol–water partition coefficient (Wildman–Crippen LogP) is 3.89. The molecule has 1 N–H and O–H groups in total. The molecule has 8 heteroatoms. The molecule has 1 atom stereocenters. The lowest BCUT2D eigenvalue weighted by atomic mass is 9.88. The third kappa shape index (κ3) is 4.00. The van der Waals surface area contributed by atoms with Crippen molar-refractivity contribution in [2.24, 2.45) is 0 Å². The number of nitrogens with one attached hydrogen (secondary N) is 1. The van der Waals surface area contributed by atoms with Gasteiger partial charge in [-0.15, -0.1) is 0 Å². The third-order valence-corrected chi connectivity index (χ3v) is 6.49. The van der Waals surface area contributed by atoms with E-state index in [1.54, 1.807) is 0 Å². The SMILES string of the molecule is [2H]C([2H])(c1ccc(Cl)cc1F)N1CC[C@@H](N2CCC(c3ccc4[nH]c(=O)oc4c3)CC2)C1=O. The number of halogens is 2. The highest BCUT2D eigenvalue weighted by atomic mass is 35.5. The van der Waals surface area contributed by atoms with Crippen LogP contribution in [-0.2, 0) is 11.3 Å². The van der Waals surface area contributed by atoms with Crippen molar-refractivity contribution >= 4 is 28.6 Å². The first kappa shape index (κ1) is 18.0. The molecule has 2 saturated heterocycles. The Morgan fingerprint density at radius 1 is 1.13 bits per heavy atom. The van der Waals surface area contributed by atoms with Crippen molar-refractivity contribution in [3.8, 4) is 0 Å². The standard InChI is InChI=1S/C23H23ClFN3O3/c24-17-3-1-16(18(25)12-17)13-28-10-7-20(22(28)29)27-8-5-14(6-9-27)15-2-4-19-21(11-15)31-23(30)26-19/h1-4,11-12,14,20H,5-10,13H2,(H,26,30)/t20-/m1/s1/i13D2. The van der Waals surface area contributed by atoms with E-state index < -0.39 is 24.1 Å². The number of nitrogens with zero attached hydrogens (tertiary/aromatic N) is 2. The number of fused-ring (bicyclic) bond motifs is 1. The molecule has 1 aromatic heterocycles. The van der Waals surface area contributed by atoms with E-state index in [1.807, 2.05) is 18.2 Å². The second kappa shape index (κ2) is 8.13. The number of aromatic amines is 1. The van der Waals surface area contributed by atoms with E-state index in [2.05, 4.69) is 9.88 Å². The van der Waals surface area contributed by atoms with Gasteiger partial charge in [-0.05, 0) is 68.1 Å². The van der Waals surface area contributed by atoms with Gasteiger partial charge in [-0.1, -0.05) is 23.7 Å². The fourth-order valence-corrected chi connectivity index (χ4v) is 4.76. The molecule has 3 aromatic rings. The Hall–Kier alpha value is -2.64. The van der Waals surface area contributed by atoms with Crippen LogP contribution in [0.25, 0.3) is 11.1 Å². The Balaban J connectivity index is 1.26. The van der Waals surface area contributed by atoms with Crippen LogP contribution in [0.4, 0.5) is 4.39 Å². The minimum Gasteiger partial charge on any atom is -0.408 e. The smallest absolute Gasteiger partial charge is 0.408 e. The van der Waals surface area contributed by atoms with Crippen LogP contribution in [-0.4, -0.2) is 46.4 Å². The maximum atomic E-state index is 14.4. The highest BCUT2D eigenvalue weighted by molar-refractivity contribution is 6.30. The quantitative estimate of drug-likeness (QED) is 0.661. The van der Waals surface area contributed by atoms with E-state index >= 15 is 0 Å². The van der Waals surface area contributed by atoms with Crippen molar-refractivity contribution in [3.05, 3.63) is 68.9 Å². The van der Waals surface area contributed by atoms with E-state index in [1.165, 1.54) is 12.1 Å². The van der Waals surface area contributed by atoms with Gasteiger partial charge < -0.3 is 9.32 Å².